The van der Waals surface area contributed by atoms with E-state index in [0.717, 1.165) is 0 Å². The van der Waals surface area contributed by atoms with Crippen LogP contribution < -0.4 is 10.1 Å². The third kappa shape index (κ3) is 5.01. The highest BCUT2D eigenvalue weighted by molar-refractivity contribution is 8.00. The summed E-state index contributed by atoms with van der Waals surface area (Å²) in [6, 6.07) is 7.11. The van der Waals surface area contributed by atoms with E-state index in [1.165, 1.54) is 11.8 Å². The Balaban J connectivity index is 1.94. The zero-order chi connectivity index (χ0) is 17.5. The highest BCUT2D eigenvalue weighted by atomic mass is 35.5. The van der Waals surface area contributed by atoms with E-state index in [9.17, 15) is 4.79 Å². The van der Waals surface area contributed by atoms with Crippen LogP contribution in [0.5, 0.6) is 5.75 Å². The van der Waals surface area contributed by atoms with Crippen LogP contribution >= 0.6 is 23.4 Å². The van der Waals surface area contributed by atoms with Gasteiger partial charge in [-0.1, -0.05) is 29.4 Å². The molecule has 1 atom stereocenters. The molecule has 1 amide bonds. The van der Waals surface area contributed by atoms with Crippen LogP contribution in [0.4, 0.5) is 0 Å². The lowest BCUT2D eigenvalue weighted by molar-refractivity contribution is -0.120. The van der Waals surface area contributed by atoms with Gasteiger partial charge in [-0.3, -0.25) is 4.79 Å². The van der Waals surface area contributed by atoms with Gasteiger partial charge in [-0.2, -0.15) is 0 Å². The maximum atomic E-state index is 11.9. The Labute approximate surface area is 150 Å². The number of nitrogens with zero attached hydrogens (tertiary/aromatic N) is 3. The summed E-state index contributed by atoms with van der Waals surface area (Å²) in [6.45, 7) is 6.12. The average molecular weight is 367 g/mol. The normalized spacial score (nSPS) is 11.8. The number of rotatable bonds is 8. The SMILES string of the molecule is C=CCNC(=O)[C@H](C)Sc1nnc(COc2ccc(Cl)cc2)n1C. The number of carbonyl (C=O) groups is 1. The van der Waals surface area contributed by atoms with Gasteiger partial charge in [0.1, 0.15) is 12.4 Å². The Bertz CT molecular complexity index is 703. The molecule has 0 unspecified atom stereocenters. The van der Waals surface area contributed by atoms with Gasteiger partial charge in [-0.05, 0) is 31.2 Å². The highest BCUT2D eigenvalue weighted by Crippen LogP contribution is 2.22. The fourth-order valence-corrected chi connectivity index (χ4v) is 2.76. The summed E-state index contributed by atoms with van der Waals surface area (Å²) in [6.07, 6.45) is 1.64. The first-order valence-corrected chi connectivity index (χ1v) is 8.59. The number of benzene rings is 1. The minimum atomic E-state index is -0.280. The minimum Gasteiger partial charge on any atom is -0.486 e. The van der Waals surface area contributed by atoms with Crippen LogP contribution in [0.1, 0.15) is 12.7 Å². The maximum Gasteiger partial charge on any atom is 0.233 e. The zero-order valence-electron chi connectivity index (χ0n) is 13.5. The molecule has 0 radical (unpaired) electrons. The lowest BCUT2D eigenvalue weighted by Gasteiger charge is -2.10. The third-order valence-electron chi connectivity index (χ3n) is 3.18. The Morgan fingerprint density at radius 2 is 2.17 bits per heavy atom. The number of hydrogen-bond acceptors (Lipinski definition) is 5. The Kier molecular flexibility index (Phi) is 6.69. The second-order valence-corrected chi connectivity index (χ2v) is 6.74. The van der Waals surface area contributed by atoms with E-state index in [1.807, 2.05) is 18.5 Å². The lowest BCUT2D eigenvalue weighted by atomic mass is 10.3. The molecule has 0 saturated carbocycles. The van der Waals surface area contributed by atoms with Crippen molar-refractivity contribution >= 4 is 29.3 Å². The van der Waals surface area contributed by atoms with E-state index in [2.05, 4.69) is 22.1 Å². The van der Waals surface area contributed by atoms with Crippen molar-refractivity contribution in [2.24, 2.45) is 7.05 Å². The lowest BCUT2D eigenvalue weighted by Crippen LogP contribution is -2.31. The van der Waals surface area contributed by atoms with Gasteiger partial charge >= 0.3 is 0 Å². The number of hydrogen-bond donors (Lipinski definition) is 1. The van der Waals surface area contributed by atoms with Crippen LogP contribution in [-0.4, -0.2) is 32.5 Å². The van der Waals surface area contributed by atoms with Crippen molar-refractivity contribution in [2.45, 2.75) is 23.9 Å². The molecule has 0 aliphatic heterocycles. The highest BCUT2D eigenvalue weighted by Gasteiger charge is 2.18. The predicted octanol–water partition coefficient (Wildman–Crippen LogP) is 2.83. The van der Waals surface area contributed by atoms with Crippen molar-refractivity contribution in [2.75, 3.05) is 6.54 Å². The summed E-state index contributed by atoms with van der Waals surface area (Å²) in [5, 5.41) is 12.0. The summed E-state index contributed by atoms with van der Waals surface area (Å²) in [4.78, 5) is 11.9. The molecule has 0 spiro atoms. The van der Waals surface area contributed by atoms with E-state index in [0.29, 0.717) is 28.3 Å². The van der Waals surface area contributed by atoms with Crippen molar-refractivity contribution < 1.29 is 9.53 Å². The number of halogens is 1. The molecular weight excluding hydrogens is 348 g/mol. The van der Waals surface area contributed by atoms with Gasteiger partial charge in [0.2, 0.25) is 5.91 Å². The van der Waals surface area contributed by atoms with Crippen molar-refractivity contribution in [1.82, 2.24) is 20.1 Å². The van der Waals surface area contributed by atoms with Gasteiger partial charge in [0.05, 0.1) is 5.25 Å². The molecule has 128 valence electrons. The number of nitrogens with one attached hydrogen (secondary N) is 1. The van der Waals surface area contributed by atoms with Crippen LogP contribution in [0.25, 0.3) is 0 Å². The molecule has 1 aromatic carbocycles. The Hall–Kier alpha value is -1.99. The molecule has 24 heavy (non-hydrogen) atoms. The second kappa shape index (κ2) is 8.75. The van der Waals surface area contributed by atoms with Gasteiger partial charge in [-0.25, -0.2) is 0 Å². The molecule has 6 nitrogen and oxygen atoms in total. The molecule has 0 saturated heterocycles. The number of amides is 1. The summed E-state index contributed by atoms with van der Waals surface area (Å²) < 4.78 is 7.48. The quantitative estimate of drug-likeness (QED) is 0.574. The molecule has 1 heterocycles. The van der Waals surface area contributed by atoms with Gasteiger partial charge < -0.3 is 14.6 Å². The summed E-state index contributed by atoms with van der Waals surface area (Å²) in [7, 11) is 1.84. The second-order valence-electron chi connectivity index (χ2n) is 4.99. The van der Waals surface area contributed by atoms with Crippen molar-refractivity contribution in [1.29, 1.82) is 0 Å². The van der Waals surface area contributed by atoms with Crippen molar-refractivity contribution in [3.63, 3.8) is 0 Å². The molecule has 1 aromatic heterocycles. The van der Waals surface area contributed by atoms with E-state index in [1.54, 1.807) is 30.3 Å². The average Bonchev–Trinajstić information content (AvgIpc) is 2.92. The first-order chi connectivity index (χ1) is 11.5. The summed E-state index contributed by atoms with van der Waals surface area (Å²) >= 11 is 7.18. The van der Waals surface area contributed by atoms with Gasteiger partial charge in [0.15, 0.2) is 11.0 Å². The van der Waals surface area contributed by atoms with Crippen LogP contribution in [0.15, 0.2) is 42.1 Å². The van der Waals surface area contributed by atoms with Gasteiger partial charge in [0.25, 0.3) is 0 Å². The standard InChI is InChI=1S/C16H19ClN4O2S/c1-4-9-18-15(22)11(2)24-16-20-19-14(21(16)3)10-23-13-7-5-12(17)6-8-13/h4-8,11H,1,9-10H2,2-3H3,(H,18,22)/t11-/m0/s1. The number of carbonyl (C=O) groups excluding carboxylic acids is 1. The van der Waals surface area contributed by atoms with Gasteiger partial charge in [0, 0.05) is 18.6 Å². The van der Waals surface area contributed by atoms with Crippen LogP contribution in [0.3, 0.4) is 0 Å². The van der Waals surface area contributed by atoms with Crippen molar-refractivity contribution in [3.8, 4) is 5.75 Å². The van der Waals surface area contributed by atoms with E-state index in [-0.39, 0.29) is 17.8 Å². The molecule has 0 aliphatic carbocycles. The van der Waals surface area contributed by atoms with Crippen LogP contribution in [-0.2, 0) is 18.4 Å². The molecule has 1 N–H and O–H groups in total. The fourth-order valence-electron chi connectivity index (χ4n) is 1.78. The molecule has 0 bridgehead atoms. The number of aromatic nitrogens is 3. The topological polar surface area (TPSA) is 69.0 Å². The first kappa shape index (κ1) is 18.4. The molecule has 2 rings (SSSR count). The van der Waals surface area contributed by atoms with Gasteiger partial charge in [-0.15, -0.1) is 16.8 Å². The molecule has 8 heteroatoms. The van der Waals surface area contributed by atoms with Crippen molar-refractivity contribution in [3.05, 3.63) is 47.8 Å². The molecule has 0 fully saturated rings. The van der Waals surface area contributed by atoms with Crippen LogP contribution in [0, 0.1) is 0 Å². The van der Waals surface area contributed by atoms with E-state index >= 15 is 0 Å². The Morgan fingerprint density at radius 3 is 2.83 bits per heavy atom. The largest absolute Gasteiger partial charge is 0.486 e. The fraction of sp³-hybridized carbons (Fsp3) is 0.312. The summed E-state index contributed by atoms with van der Waals surface area (Å²) in [5.41, 5.74) is 0. The summed E-state index contributed by atoms with van der Waals surface area (Å²) in [5.74, 6) is 1.31. The Morgan fingerprint density at radius 1 is 1.46 bits per heavy atom. The molecular formula is C16H19ClN4O2S. The third-order valence-corrected chi connectivity index (χ3v) is 4.56. The zero-order valence-corrected chi connectivity index (χ0v) is 15.1. The van der Waals surface area contributed by atoms with E-state index < -0.39 is 0 Å². The molecule has 0 aliphatic rings. The van der Waals surface area contributed by atoms with E-state index in [4.69, 9.17) is 16.3 Å². The molecule has 2 aromatic rings. The monoisotopic (exact) mass is 366 g/mol. The smallest absolute Gasteiger partial charge is 0.233 e. The maximum absolute atomic E-state index is 11.9. The minimum absolute atomic E-state index is 0.0677. The number of ether oxygens (including phenoxy) is 1. The first-order valence-electron chi connectivity index (χ1n) is 7.33. The predicted molar refractivity (Wildman–Crippen MR) is 95.3 cm³/mol. The van der Waals surface area contributed by atoms with Crippen LogP contribution in [0.2, 0.25) is 5.02 Å². The number of thioether (sulfide) groups is 1.